The van der Waals surface area contributed by atoms with Gasteiger partial charge in [0.1, 0.15) is 5.15 Å². The van der Waals surface area contributed by atoms with Crippen LogP contribution in [0.5, 0.6) is 0 Å². The highest BCUT2D eigenvalue weighted by Crippen LogP contribution is 2.20. The fourth-order valence-electron chi connectivity index (χ4n) is 1.06. The molecule has 0 spiro atoms. The van der Waals surface area contributed by atoms with Crippen molar-refractivity contribution in [1.82, 2.24) is 4.98 Å². The van der Waals surface area contributed by atoms with E-state index in [0.29, 0.717) is 18.0 Å². The van der Waals surface area contributed by atoms with Crippen LogP contribution in [-0.2, 0) is 6.42 Å². The largest absolute Gasteiger partial charge is 0.394 e. The first-order chi connectivity index (χ1) is 6.63. The number of aliphatic hydroxyl groups excluding tert-OH is 2. The standard InChI is InChI=1S/C9H11BrClNO2/c10-8-4-12-9(11)3-6(8)1-2-7(14)5-13/h3-4,7,13-14H,1-2,5H2. The Morgan fingerprint density at radius 2 is 2.29 bits per heavy atom. The summed E-state index contributed by atoms with van der Waals surface area (Å²) in [5, 5.41) is 18.2. The third kappa shape index (κ3) is 3.53. The minimum atomic E-state index is -0.672. The van der Waals surface area contributed by atoms with Crippen LogP contribution in [0.1, 0.15) is 12.0 Å². The minimum absolute atomic E-state index is 0.212. The Hall–Kier alpha value is -0.160. The van der Waals surface area contributed by atoms with E-state index in [2.05, 4.69) is 20.9 Å². The Kier molecular flexibility index (Phi) is 4.81. The highest BCUT2D eigenvalue weighted by Gasteiger charge is 2.06. The Bertz CT molecular complexity index is 309. The fourth-order valence-corrected chi connectivity index (χ4v) is 1.65. The maximum atomic E-state index is 9.17. The van der Waals surface area contributed by atoms with Crippen LogP contribution >= 0.6 is 27.5 Å². The molecule has 0 fully saturated rings. The number of nitrogens with zero attached hydrogens (tertiary/aromatic N) is 1. The van der Waals surface area contributed by atoms with Crippen molar-refractivity contribution in [2.75, 3.05) is 6.61 Å². The predicted octanol–water partition coefficient (Wildman–Crippen LogP) is 1.78. The number of hydrogen-bond acceptors (Lipinski definition) is 3. The second-order valence-corrected chi connectivity index (χ2v) is 4.22. The van der Waals surface area contributed by atoms with E-state index in [1.54, 1.807) is 12.3 Å². The van der Waals surface area contributed by atoms with Gasteiger partial charge in [0.2, 0.25) is 0 Å². The Morgan fingerprint density at radius 3 is 2.93 bits per heavy atom. The zero-order chi connectivity index (χ0) is 10.6. The maximum Gasteiger partial charge on any atom is 0.129 e. The molecule has 1 atom stereocenters. The zero-order valence-corrected chi connectivity index (χ0v) is 9.79. The molecule has 1 heterocycles. The molecular formula is C9H11BrClNO2. The van der Waals surface area contributed by atoms with Crippen molar-refractivity contribution in [3.05, 3.63) is 27.5 Å². The molecule has 0 aliphatic rings. The van der Waals surface area contributed by atoms with Gasteiger partial charge in [-0.05, 0) is 40.4 Å². The molecule has 78 valence electrons. The first-order valence-electron chi connectivity index (χ1n) is 4.22. The summed E-state index contributed by atoms with van der Waals surface area (Å²) >= 11 is 9.06. The lowest BCUT2D eigenvalue weighted by Crippen LogP contribution is -2.12. The highest BCUT2D eigenvalue weighted by molar-refractivity contribution is 9.10. The molecule has 0 aromatic carbocycles. The molecule has 0 bridgehead atoms. The molecule has 3 nitrogen and oxygen atoms in total. The SMILES string of the molecule is OCC(O)CCc1cc(Cl)ncc1Br. The average Bonchev–Trinajstić information content (AvgIpc) is 2.19. The van der Waals surface area contributed by atoms with Gasteiger partial charge >= 0.3 is 0 Å². The lowest BCUT2D eigenvalue weighted by atomic mass is 10.1. The van der Waals surface area contributed by atoms with Gasteiger partial charge in [0.05, 0.1) is 12.7 Å². The van der Waals surface area contributed by atoms with Crippen LogP contribution in [0.3, 0.4) is 0 Å². The molecule has 0 saturated heterocycles. The molecule has 0 radical (unpaired) electrons. The van der Waals surface area contributed by atoms with E-state index in [0.717, 1.165) is 10.0 Å². The number of aliphatic hydroxyl groups is 2. The van der Waals surface area contributed by atoms with Crippen LogP contribution in [0.25, 0.3) is 0 Å². The van der Waals surface area contributed by atoms with Crippen molar-refractivity contribution >= 4 is 27.5 Å². The van der Waals surface area contributed by atoms with Crippen molar-refractivity contribution in [2.24, 2.45) is 0 Å². The van der Waals surface area contributed by atoms with Crippen molar-refractivity contribution in [1.29, 1.82) is 0 Å². The van der Waals surface area contributed by atoms with Crippen LogP contribution in [0, 0.1) is 0 Å². The van der Waals surface area contributed by atoms with E-state index in [1.165, 1.54) is 0 Å². The van der Waals surface area contributed by atoms with E-state index < -0.39 is 6.10 Å². The van der Waals surface area contributed by atoms with Crippen molar-refractivity contribution in [3.63, 3.8) is 0 Å². The first-order valence-corrected chi connectivity index (χ1v) is 5.39. The second-order valence-electron chi connectivity index (χ2n) is 2.97. The molecule has 0 saturated carbocycles. The van der Waals surface area contributed by atoms with E-state index in [4.69, 9.17) is 21.8 Å². The van der Waals surface area contributed by atoms with Crippen molar-refractivity contribution in [3.8, 4) is 0 Å². The summed E-state index contributed by atoms with van der Waals surface area (Å²) in [7, 11) is 0. The minimum Gasteiger partial charge on any atom is -0.394 e. The van der Waals surface area contributed by atoms with Gasteiger partial charge in [-0.2, -0.15) is 0 Å². The topological polar surface area (TPSA) is 53.4 Å². The van der Waals surface area contributed by atoms with Gasteiger partial charge in [0, 0.05) is 10.7 Å². The lowest BCUT2D eigenvalue weighted by Gasteiger charge is -2.08. The predicted molar refractivity (Wildman–Crippen MR) is 58.4 cm³/mol. The van der Waals surface area contributed by atoms with E-state index in [-0.39, 0.29) is 6.61 Å². The van der Waals surface area contributed by atoms with Gasteiger partial charge in [-0.15, -0.1) is 0 Å². The van der Waals surface area contributed by atoms with Crippen LogP contribution in [-0.4, -0.2) is 27.9 Å². The molecule has 1 rings (SSSR count). The molecule has 0 amide bonds. The monoisotopic (exact) mass is 279 g/mol. The van der Waals surface area contributed by atoms with Gasteiger partial charge in [-0.1, -0.05) is 11.6 Å². The highest BCUT2D eigenvalue weighted by atomic mass is 79.9. The van der Waals surface area contributed by atoms with E-state index in [9.17, 15) is 0 Å². The Morgan fingerprint density at radius 1 is 1.57 bits per heavy atom. The number of pyridine rings is 1. The van der Waals surface area contributed by atoms with E-state index >= 15 is 0 Å². The molecule has 1 unspecified atom stereocenters. The van der Waals surface area contributed by atoms with Crippen LogP contribution in [0.2, 0.25) is 5.15 Å². The number of aryl methyl sites for hydroxylation is 1. The molecule has 2 N–H and O–H groups in total. The van der Waals surface area contributed by atoms with Gasteiger partial charge in [-0.25, -0.2) is 4.98 Å². The molecule has 14 heavy (non-hydrogen) atoms. The van der Waals surface area contributed by atoms with Gasteiger partial charge in [0.15, 0.2) is 0 Å². The van der Waals surface area contributed by atoms with Crippen molar-refractivity contribution < 1.29 is 10.2 Å². The van der Waals surface area contributed by atoms with E-state index in [1.807, 2.05) is 0 Å². The fraction of sp³-hybridized carbons (Fsp3) is 0.444. The zero-order valence-electron chi connectivity index (χ0n) is 7.45. The number of hydrogen-bond donors (Lipinski definition) is 2. The van der Waals surface area contributed by atoms with Crippen molar-refractivity contribution in [2.45, 2.75) is 18.9 Å². The lowest BCUT2D eigenvalue weighted by molar-refractivity contribution is 0.0885. The number of rotatable bonds is 4. The normalized spacial score (nSPS) is 12.9. The molecule has 1 aromatic heterocycles. The summed E-state index contributed by atoms with van der Waals surface area (Å²) in [6.07, 6.45) is 2.12. The first kappa shape index (κ1) is 11.9. The third-order valence-electron chi connectivity index (χ3n) is 1.86. The molecule has 5 heteroatoms. The van der Waals surface area contributed by atoms with Gasteiger partial charge in [-0.3, -0.25) is 0 Å². The molecule has 1 aromatic rings. The maximum absolute atomic E-state index is 9.17. The summed E-state index contributed by atoms with van der Waals surface area (Å²) < 4.78 is 0.868. The van der Waals surface area contributed by atoms with Gasteiger partial charge in [0.25, 0.3) is 0 Å². The van der Waals surface area contributed by atoms with Crippen LogP contribution in [0.4, 0.5) is 0 Å². The summed E-state index contributed by atoms with van der Waals surface area (Å²) in [5.41, 5.74) is 0.984. The summed E-state index contributed by atoms with van der Waals surface area (Å²) in [4.78, 5) is 3.89. The summed E-state index contributed by atoms with van der Waals surface area (Å²) in [6.45, 7) is -0.212. The summed E-state index contributed by atoms with van der Waals surface area (Å²) in [5.74, 6) is 0. The summed E-state index contributed by atoms with van der Waals surface area (Å²) in [6, 6.07) is 1.75. The van der Waals surface area contributed by atoms with Crippen LogP contribution < -0.4 is 0 Å². The Labute approximate surface area is 95.9 Å². The van der Waals surface area contributed by atoms with Crippen LogP contribution in [0.15, 0.2) is 16.7 Å². The third-order valence-corrected chi connectivity index (χ3v) is 2.78. The molecular weight excluding hydrogens is 269 g/mol. The van der Waals surface area contributed by atoms with Gasteiger partial charge < -0.3 is 10.2 Å². The quantitative estimate of drug-likeness (QED) is 0.827. The number of aromatic nitrogens is 1. The molecule has 0 aliphatic carbocycles. The second kappa shape index (κ2) is 5.66. The number of halogens is 2. The molecule has 0 aliphatic heterocycles. The average molecular weight is 281 g/mol. The smallest absolute Gasteiger partial charge is 0.129 e. The Balaban J connectivity index is 2.62.